The zero-order valence-corrected chi connectivity index (χ0v) is 13.4. The van der Waals surface area contributed by atoms with Crippen molar-refractivity contribution in [1.29, 1.82) is 0 Å². The molecule has 0 atom stereocenters. The molecule has 1 aromatic carbocycles. The SMILES string of the molecule is O=C(Nc1ccc(Cl)cc1Br)C1CCC(C(F)(F)F)CC1. The summed E-state index contributed by atoms with van der Waals surface area (Å²) in [5, 5.41) is 3.27. The fraction of sp³-hybridized carbons (Fsp3) is 0.500. The summed E-state index contributed by atoms with van der Waals surface area (Å²) in [6.45, 7) is 0. The highest BCUT2D eigenvalue weighted by Crippen LogP contribution is 2.40. The Morgan fingerprint density at radius 1 is 1.24 bits per heavy atom. The van der Waals surface area contributed by atoms with Gasteiger partial charge < -0.3 is 5.32 Å². The van der Waals surface area contributed by atoms with E-state index in [0.29, 0.717) is 15.2 Å². The van der Waals surface area contributed by atoms with Gasteiger partial charge in [0.2, 0.25) is 5.91 Å². The lowest BCUT2D eigenvalue weighted by atomic mass is 9.81. The molecule has 1 aromatic rings. The van der Waals surface area contributed by atoms with Crippen LogP contribution in [0, 0.1) is 11.8 Å². The highest BCUT2D eigenvalue weighted by molar-refractivity contribution is 9.10. The minimum absolute atomic E-state index is 0.0172. The standard InChI is InChI=1S/C14H14BrClF3NO/c15-11-7-10(16)5-6-12(11)20-13(21)8-1-3-9(4-2-8)14(17,18)19/h5-9H,1-4H2,(H,20,21). The number of hydrogen-bond donors (Lipinski definition) is 1. The van der Waals surface area contributed by atoms with Gasteiger partial charge >= 0.3 is 6.18 Å². The minimum Gasteiger partial charge on any atom is -0.325 e. The van der Waals surface area contributed by atoms with Gasteiger partial charge in [-0.3, -0.25) is 4.79 Å². The number of alkyl halides is 3. The van der Waals surface area contributed by atoms with Gasteiger partial charge in [0.25, 0.3) is 0 Å². The third-order valence-corrected chi connectivity index (χ3v) is 4.64. The monoisotopic (exact) mass is 383 g/mol. The maximum absolute atomic E-state index is 12.6. The second kappa shape index (κ2) is 6.57. The molecule has 1 aliphatic carbocycles. The molecule has 0 heterocycles. The molecule has 0 saturated heterocycles. The fourth-order valence-electron chi connectivity index (χ4n) is 2.51. The van der Waals surface area contributed by atoms with E-state index in [9.17, 15) is 18.0 Å². The molecule has 0 unspecified atom stereocenters. The zero-order chi connectivity index (χ0) is 15.6. The number of hydrogen-bond acceptors (Lipinski definition) is 1. The Morgan fingerprint density at radius 2 is 1.86 bits per heavy atom. The van der Waals surface area contributed by atoms with Crippen LogP contribution in [-0.4, -0.2) is 12.1 Å². The van der Waals surface area contributed by atoms with Crippen molar-refractivity contribution >= 4 is 39.1 Å². The average molecular weight is 385 g/mol. The van der Waals surface area contributed by atoms with Gasteiger partial charge in [0.1, 0.15) is 0 Å². The number of rotatable bonds is 2. The number of anilines is 1. The van der Waals surface area contributed by atoms with Crippen LogP contribution in [0.15, 0.2) is 22.7 Å². The first kappa shape index (κ1) is 16.6. The van der Waals surface area contributed by atoms with Crippen molar-refractivity contribution in [1.82, 2.24) is 0 Å². The first-order chi connectivity index (χ1) is 9.77. The van der Waals surface area contributed by atoms with Crippen LogP contribution in [0.3, 0.4) is 0 Å². The summed E-state index contributed by atoms with van der Waals surface area (Å²) in [5.41, 5.74) is 0.572. The Kier molecular flexibility index (Phi) is 5.20. The molecular formula is C14H14BrClF3NO. The van der Waals surface area contributed by atoms with Gasteiger partial charge in [-0.2, -0.15) is 13.2 Å². The lowest BCUT2D eigenvalue weighted by molar-refractivity contribution is -0.184. The topological polar surface area (TPSA) is 29.1 Å². The first-order valence-electron chi connectivity index (χ1n) is 6.60. The van der Waals surface area contributed by atoms with Crippen LogP contribution in [0.5, 0.6) is 0 Å². The molecule has 2 nitrogen and oxygen atoms in total. The molecule has 116 valence electrons. The molecule has 0 radical (unpaired) electrons. The van der Waals surface area contributed by atoms with Gasteiger partial charge in [0.05, 0.1) is 11.6 Å². The maximum atomic E-state index is 12.6. The predicted octanol–water partition coefficient (Wildman–Crippen LogP) is 5.41. The zero-order valence-electron chi connectivity index (χ0n) is 11.0. The van der Waals surface area contributed by atoms with Crippen molar-refractivity contribution in [2.45, 2.75) is 31.9 Å². The van der Waals surface area contributed by atoms with Crippen LogP contribution < -0.4 is 5.32 Å². The molecular weight excluding hydrogens is 371 g/mol. The summed E-state index contributed by atoms with van der Waals surface area (Å²) in [4.78, 5) is 12.1. The Hall–Kier alpha value is -0.750. The number of amides is 1. The van der Waals surface area contributed by atoms with E-state index in [4.69, 9.17) is 11.6 Å². The van der Waals surface area contributed by atoms with Crippen LogP contribution in [0.2, 0.25) is 5.02 Å². The summed E-state index contributed by atoms with van der Waals surface area (Å²) in [6, 6.07) is 4.95. The smallest absolute Gasteiger partial charge is 0.325 e. The molecule has 1 aliphatic rings. The third-order valence-electron chi connectivity index (χ3n) is 3.75. The van der Waals surface area contributed by atoms with Gasteiger partial charge in [-0.25, -0.2) is 0 Å². The van der Waals surface area contributed by atoms with Crippen molar-refractivity contribution in [2.24, 2.45) is 11.8 Å². The lowest BCUT2D eigenvalue weighted by Crippen LogP contribution is -2.32. The molecule has 21 heavy (non-hydrogen) atoms. The van der Waals surface area contributed by atoms with Gasteiger partial charge in [-0.05, 0) is 59.8 Å². The second-order valence-electron chi connectivity index (χ2n) is 5.20. The van der Waals surface area contributed by atoms with E-state index in [2.05, 4.69) is 21.2 Å². The summed E-state index contributed by atoms with van der Waals surface area (Å²) in [7, 11) is 0. The fourth-order valence-corrected chi connectivity index (χ4v) is 3.29. The Balaban J connectivity index is 1.93. The first-order valence-corrected chi connectivity index (χ1v) is 7.77. The van der Waals surface area contributed by atoms with Crippen molar-refractivity contribution < 1.29 is 18.0 Å². The summed E-state index contributed by atoms with van der Waals surface area (Å²) < 4.78 is 38.4. The molecule has 0 bridgehead atoms. The number of nitrogens with one attached hydrogen (secondary N) is 1. The number of carbonyl (C=O) groups excluding carboxylic acids is 1. The highest BCUT2D eigenvalue weighted by atomic mass is 79.9. The maximum Gasteiger partial charge on any atom is 0.391 e. The molecule has 1 amide bonds. The van der Waals surface area contributed by atoms with E-state index in [1.807, 2.05) is 0 Å². The van der Waals surface area contributed by atoms with Gasteiger partial charge in [-0.1, -0.05) is 11.6 Å². The predicted molar refractivity (Wildman–Crippen MR) is 79.3 cm³/mol. The Bertz CT molecular complexity index is 527. The molecule has 1 N–H and O–H groups in total. The molecule has 1 saturated carbocycles. The van der Waals surface area contributed by atoms with E-state index in [-0.39, 0.29) is 37.5 Å². The van der Waals surface area contributed by atoms with Gasteiger partial charge in [-0.15, -0.1) is 0 Å². The molecule has 2 rings (SSSR count). The molecule has 0 aromatic heterocycles. The summed E-state index contributed by atoms with van der Waals surface area (Å²) >= 11 is 9.10. The molecule has 7 heteroatoms. The van der Waals surface area contributed by atoms with Crippen molar-refractivity contribution in [3.8, 4) is 0 Å². The van der Waals surface area contributed by atoms with Gasteiger partial charge in [0, 0.05) is 15.4 Å². The van der Waals surface area contributed by atoms with E-state index in [1.165, 1.54) is 0 Å². The number of benzene rings is 1. The van der Waals surface area contributed by atoms with Crippen LogP contribution in [0.4, 0.5) is 18.9 Å². The summed E-state index contributed by atoms with van der Waals surface area (Å²) in [6.07, 6.45) is -3.59. The lowest BCUT2D eigenvalue weighted by Gasteiger charge is -2.29. The van der Waals surface area contributed by atoms with E-state index in [0.717, 1.165) is 0 Å². The van der Waals surface area contributed by atoms with Crippen LogP contribution in [0.1, 0.15) is 25.7 Å². The average Bonchev–Trinajstić information content (AvgIpc) is 2.41. The summed E-state index contributed by atoms with van der Waals surface area (Å²) in [5.74, 6) is -1.88. The quantitative estimate of drug-likeness (QED) is 0.726. The third kappa shape index (κ3) is 4.36. The van der Waals surface area contributed by atoms with Crippen molar-refractivity contribution in [2.75, 3.05) is 5.32 Å². The van der Waals surface area contributed by atoms with E-state index >= 15 is 0 Å². The van der Waals surface area contributed by atoms with Crippen molar-refractivity contribution in [3.63, 3.8) is 0 Å². The molecule has 1 fully saturated rings. The van der Waals surface area contributed by atoms with Crippen LogP contribution >= 0.6 is 27.5 Å². The number of carbonyl (C=O) groups is 1. The van der Waals surface area contributed by atoms with Gasteiger partial charge in [0.15, 0.2) is 0 Å². The van der Waals surface area contributed by atoms with Crippen molar-refractivity contribution in [3.05, 3.63) is 27.7 Å². The van der Waals surface area contributed by atoms with E-state index < -0.39 is 12.1 Å². The Labute approximate surface area is 134 Å². The normalized spacial score (nSPS) is 22.9. The molecule has 0 aliphatic heterocycles. The largest absolute Gasteiger partial charge is 0.391 e. The highest BCUT2D eigenvalue weighted by Gasteiger charge is 2.42. The minimum atomic E-state index is -4.15. The van der Waals surface area contributed by atoms with Crippen LogP contribution in [-0.2, 0) is 4.79 Å². The number of halogens is 5. The van der Waals surface area contributed by atoms with Crippen LogP contribution in [0.25, 0.3) is 0 Å². The molecule has 0 spiro atoms. The second-order valence-corrected chi connectivity index (χ2v) is 6.49. The van der Waals surface area contributed by atoms with E-state index in [1.54, 1.807) is 18.2 Å². The Morgan fingerprint density at radius 3 is 2.38 bits per heavy atom.